The highest BCUT2D eigenvalue weighted by molar-refractivity contribution is 5.39. The van der Waals surface area contributed by atoms with Crippen molar-refractivity contribution >= 4 is 5.82 Å². The summed E-state index contributed by atoms with van der Waals surface area (Å²) in [6.45, 7) is 11.7. The fourth-order valence-electron chi connectivity index (χ4n) is 2.16. The standard InChI is InChI=1S/C17H32N4/c1-6-10-21(12-11-20(4)5)17-9-7-8-16(19-17)14-18-13-15(2)3/h7-9,15,18H,6,10-14H2,1-5H3. The van der Waals surface area contributed by atoms with Gasteiger partial charge in [-0.1, -0.05) is 26.8 Å². The maximum Gasteiger partial charge on any atom is 0.128 e. The first kappa shape index (κ1) is 17.9. The number of pyridine rings is 1. The lowest BCUT2D eigenvalue weighted by molar-refractivity contribution is 0.412. The molecule has 1 N–H and O–H groups in total. The van der Waals surface area contributed by atoms with Crippen LogP contribution in [0.4, 0.5) is 5.82 Å². The van der Waals surface area contributed by atoms with Gasteiger partial charge in [-0.2, -0.15) is 0 Å². The summed E-state index contributed by atoms with van der Waals surface area (Å²) in [5.74, 6) is 1.77. The van der Waals surface area contributed by atoms with Crippen LogP contribution in [0, 0.1) is 5.92 Å². The lowest BCUT2D eigenvalue weighted by Crippen LogP contribution is -2.33. The van der Waals surface area contributed by atoms with Crippen LogP contribution in [-0.4, -0.2) is 50.2 Å². The molecule has 0 fully saturated rings. The van der Waals surface area contributed by atoms with Crippen molar-refractivity contribution < 1.29 is 0 Å². The first-order valence-electron chi connectivity index (χ1n) is 8.09. The third-order valence-electron chi connectivity index (χ3n) is 3.29. The highest BCUT2D eigenvalue weighted by atomic mass is 15.2. The molecule has 4 heteroatoms. The van der Waals surface area contributed by atoms with Crippen LogP contribution >= 0.6 is 0 Å². The Morgan fingerprint density at radius 1 is 1.14 bits per heavy atom. The van der Waals surface area contributed by atoms with Crippen LogP contribution in [0.2, 0.25) is 0 Å². The van der Waals surface area contributed by atoms with Gasteiger partial charge in [0.05, 0.1) is 5.69 Å². The Morgan fingerprint density at radius 3 is 2.52 bits per heavy atom. The molecule has 0 saturated heterocycles. The Balaban J connectivity index is 2.65. The first-order chi connectivity index (χ1) is 10.0. The van der Waals surface area contributed by atoms with E-state index in [9.17, 15) is 0 Å². The molecule has 0 spiro atoms. The minimum absolute atomic E-state index is 0.671. The summed E-state index contributed by atoms with van der Waals surface area (Å²) < 4.78 is 0. The van der Waals surface area contributed by atoms with E-state index >= 15 is 0 Å². The molecule has 0 unspecified atom stereocenters. The average molecular weight is 292 g/mol. The zero-order chi connectivity index (χ0) is 15.7. The van der Waals surface area contributed by atoms with Crippen molar-refractivity contribution in [1.82, 2.24) is 15.2 Å². The van der Waals surface area contributed by atoms with E-state index in [4.69, 9.17) is 4.98 Å². The van der Waals surface area contributed by atoms with Gasteiger partial charge in [0.15, 0.2) is 0 Å². The molecule has 0 atom stereocenters. The largest absolute Gasteiger partial charge is 0.355 e. The van der Waals surface area contributed by atoms with Gasteiger partial charge in [0, 0.05) is 26.2 Å². The van der Waals surface area contributed by atoms with E-state index in [0.29, 0.717) is 5.92 Å². The Kier molecular flexibility index (Phi) is 8.31. The molecule has 0 aliphatic carbocycles. The molecule has 1 aromatic heterocycles. The Bertz CT molecular complexity index is 390. The van der Waals surface area contributed by atoms with E-state index in [1.807, 2.05) is 0 Å². The normalized spacial score (nSPS) is 11.4. The second-order valence-corrected chi connectivity index (χ2v) is 6.30. The summed E-state index contributed by atoms with van der Waals surface area (Å²) in [7, 11) is 4.23. The van der Waals surface area contributed by atoms with Crippen molar-refractivity contribution in [2.75, 3.05) is 45.2 Å². The predicted octanol–water partition coefficient (Wildman–Crippen LogP) is 2.61. The highest BCUT2D eigenvalue weighted by Gasteiger charge is 2.08. The van der Waals surface area contributed by atoms with Crippen LogP contribution in [-0.2, 0) is 6.54 Å². The van der Waals surface area contributed by atoms with Gasteiger partial charge in [0.1, 0.15) is 5.82 Å². The molecule has 0 saturated carbocycles. The number of aromatic nitrogens is 1. The molecule has 0 radical (unpaired) electrons. The summed E-state index contributed by atoms with van der Waals surface area (Å²) in [6.07, 6.45) is 1.14. The molecule has 1 rings (SSSR count). The topological polar surface area (TPSA) is 31.4 Å². The maximum absolute atomic E-state index is 4.81. The summed E-state index contributed by atoms with van der Waals surface area (Å²) in [6, 6.07) is 6.34. The van der Waals surface area contributed by atoms with Crippen LogP contribution in [0.25, 0.3) is 0 Å². The Labute approximate surface area is 130 Å². The third kappa shape index (κ3) is 7.44. The molecule has 0 aliphatic rings. The van der Waals surface area contributed by atoms with Gasteiger partial charge in [-0.05, 0) is 45.1 Å². The lowest BCUT2D eigenvalue weighted by Gasteiger charge is -2.25. The first-order valence-corrected chi connectivity index (χ1v) is 8.09. The molecule has 0 bridgehead atoms. The van der Waals surface area contributed by atoms with Gasteiger partial charge in [-0.15, -0.1) is 0 Å². The van der Waals surface area contributed by atoms with Gasteiger partial charge < -0.3 is 15.1 Å². The molecular weight excluding hydrogens is 260 g/mol. The predicted molar refractivity (Wildman–Crippen MR) is 91.8 cm³/mol. The second-order valence-electron chi connectivity index (χ2n) is 6.30. The summed E-state index contributed by atoms with van der Waals surface area (Å²) in [4.78, 5) is 9.41. The highest BCUT2D eigenvalue weighted by Crippen LogP contribution is 2.12. The number of hydrogen-bond acceptors (Lipinski definition) is 4. The molecule has 120 valence electrons. The molecule has 4 nitrogen and oxygen atoms in total. The van der Waals surface area contributed by atoms with E-state index in [2.05, 4.69) is 68.2 Å². The maximum atomic E-state index is 4.81. The zero-order valence-electron chi connectivity index (χ0n) is 14.4. The number of nitrogens with one attached hydrogen (secondary N) is 1. The van der Waals surface area contributed by atoms with Gasteiger partial charge >= 0.3 is 0 Å². The van der Waals surface area contributed by atoms with E-state index in [0.717, 1.165) is 50.7 Å². The summed E-state index contributed by atoms with van der Waals surface area (Å²) in [5.41, 5.74) is 1.12. The molecule has 21 heavy (non-hydrogen) atoms. The fraction of sp³-hybridized carbons (Fsp3) is 0.706. The van der Waals surface area contributed by atoms with Crippen LogP contribution in [0.3, 0.4) is 0 Å². The van der Waals surface area contributed by atoms with Crippen molar-refractivity contribution in [3.63, 3.8) is 0 Å². The van der Waals surface area contributed by atoms with Crippen molar-refractivity contribution in [1.29, 1.82) is 0 Å². The van der Waals surface area contributed by atoms with Gasteiger partial charge in [-0.25, -0.2) is 4.98 Å². The molecule has 1 heterocycles. The molecule has 0 aliphatic heterocycles. The van der Waals surface area contributed by atoms with Gasteiger partial charge in [0.2, 0.25) is 0 Å². The van der Waals surface area contributed by atoms with Gasteiger partial charge in [-0.3, -0.25) is 0 Å². The zero-order valence-corrected chi connectivity index (χ0v) is 14.4. The Morgan fingerprint density at radius 2 is 1.90 bits per heavy atom. The third-order valence-corrected chi connectivity index (χ3v) is 3.29. The smallest absolute Gasteiger partial charge is 0.128 e. The van der Waals surface area contributed by atoms with Crippen LogP contribution in [0.5, 0.6) is 0 Å². The van der Waals surface area contributed by atoms with E-state index in [1.165, 1.54) is 0 Å². The SMILES string of the molecule is CCCN(CCN(C)C)c1cccc(CNCC(C)C)n1. The second kappa shape index (κ2) is 9.74. The van der Waals surface area contributed by atoms with Crippen LogP contribution in [0.15, 0.2) is 18.2 Å². The Hall–Kier alpha value is -1.13. The molecule has 0 amide bonds. The minimum atomic E-state index is 0.671. The van der Waals surface area contributed by atoms with Crippen molar-refractivity contribution in [3.8, 4) is 0 Å². The number of nitrogens with zero attached hydrogens (tertiary/aromatic N) is 3. The van der Waals surface area contributed by atoms with E-state index in [-0.39, 0.29) is 0 Å². The van der Waals surface area contributed by atoms with E-state index in [1.54, 1.807) is 0 Å². The minimum Gasteiger partial charge on any atom is -0.355 e. The number of likely N-dealkylation sites (N-methyl/N-ethyl adjacent to an activating group) is 1. The van der Waals surface area contributed by atoms with Crippen LogP contribution < -0.4 is 10.2 Å². The summed E-state index contributed by atoms with van der Waals surface area (Å²) >= 11 is 0. The van der Waals surface area contributed by atoms with Crippen LogP contribution in [0.1, 0.15) is 32.9 Å². The molecular formula is C17H32N4. The molecule has 1 aromatic rings. The van der Waals surface area contributed by atoms with Crippen molar-refractivity contribution in [2.24, 2.45) is 5.92 Å². The van der Waals surface area contributed by atoms with E-state index < -0.39 is 0 Å². The molecule has 0 aromatic carbocycles. The number of hydrogen-bond donors (Lipinski definition) is 1. The lowest BCUT2D eigenvalue weighted by atomic mass is 10.2. The average Bonchev–Trinajstić information content (AvgIpc) is 2.43. The monoisotopic (exact) mass is 292 g/mol. The fourth-order valence-corrected chi connectivity index (χ4v) is 2.16. The summed E-state index contributed by atoms with van der Waals surface area (Å²) in [5, 5.41) is 3.46. The van der Waals surface area contributed by atoms with Gasteiger partial charge in [0.25, 0.3) is 0 Å². The number of anilines is 1. The number of rotatable bonds is 10. The van der Waals surface area contributed by atoms with Crippen molar-refractivity contribution in [3.05, 3.63) is 23.9 Å². The van der Waals surface area contributed by atoms with Crippen molar-refractivity contribution in [2.45, 2.75) is 33.7 Å². The quantitative estimate of drug-likeness (QED) is 0.718.